The number of ether oxygens (including phenoxy) is 1. The summed E-state index contributed by atoms with van der Waals surface area (Å²) in [6, 6.07) is 22.2. The maximum Gasteiger partial charge on any atom is 0.407 e. The minimum Gasteiger partial charge on any atom is -0.478 e. The van der Waals surface area contributed by atoms with Crippen LogP contribution in [0.4, 0.5) is 10.5 Å². The highest BCUT2D eigenvalue weighted by Gasteiger charge is 2.28. The zero-order valence-electron chi connectivity index (χ0n) is 18.6. The Kier molecular flexibility index (Phi) is 6.73. The molecule has 7 heteroatoms. The van der Waals surface area contributed by atoms with Gasteiger partial charge in [-0.2, -0.15) is 0 Å². The van der Waals surface area contributed by atoms with E-state index in [0.29, 0.717) is 11.3 Å². The minimum atomic E-state index is -1.07. The predicted octanol–water partition coefficient (Wildman–Crippen LogP) is 4.81. The molecular formula is C27H24N2O5. The van der Waals surface area contributed by atoms with Crippen molar-refractivity contribution in [3.8, 4) is 11.1 Å². The van der Waals surface area contributed by atoms with E-state index >= 15 is 0 Å². The van der Waals surface area contributed by atoms with Crippen LogP contribution in [-0.2, 0) is 9.53 Å². The van der Waals surface area contributed by atoms with Crippen LogP contribution in [-0.4, -0.2) is 36.2 Å². The molecule has 7 nitrogen and oxygen atoms in total. The van der Waals surface area contributed by atoms with Crippen molar-refractivity contribution in [1.29, 1.82) is 0 Å². The summed E-state index contributed by atoms with van der Waals surface area (Å²) in [5.41, 5.74) is 5.42. The Hall–Kier alpha value is -4.39. The van der Waals surface area contributed by atoms with Crippen LogP contribution in [0.1, 0.15) is 34.3 Å². The van der Waals surface area contributed by atoms with Crippen LogP contribution in [0.2, 0.25) is 0 Å². The van der Waals surface area contributed by atoms with Crippen LogP contribution in [0.25, 0.3) is 11.1 Å². The van der Waals surface area contributed by atoms with Gasteiger partial charge >= 0.3 is 12.1 Å². The summed E-state index contributed by atoms with van der Waals surface area (Å²) in [6.07, 6.45) is 0.998. The molecule has 3 N–H and O–H groups in total. The third kappa shape index (κ3) is 4.99. The van der Waals surface area contributed by atoms with E-state index in [2.05, 4.69) is 34.9 Å². The predicted molar refractivity (Wildman–Crippen MR) is 129 cm³/mol. The van der Waals surface area contributed by atoms with Gasteiger partial charge in [0.15, 0.2) is 0 Å². The summed E-state index contributed by atoms with van der Waals surface area (Å²) >= 11 is 0. The van der Waals surface area contributed by atoms with Gasteiger partial charge in [0.05, 0.1) is 5.56 Å². The third-order valence-electron chi connectivity index (χ3n) is 5.72. The minimum absolute atomic E-state index is 0.0252. The van der Waals surface area contributed by atoms with Gasteiger partial charge in [-0.25, -0.2) is 9.59 Å². The number of nitrogens with one attached hydrogen (secondary N) is 2. The van der Waals surface area contributed by atoms with Crippen molar-refractivity contribution in [2.24, 2.45) is 0 Å². The molecule has 4 rings (SSSR count). The number of carbonyl (C=O) groups is 3. The van der Waals surface area contributed by atoms with E-state index in [1.165, 1.54) is 12.1 Å². The summed E-state index contributed by atoms with van der Waals surface area (Å²) in [4.78, 5) is 35.6. The fourth-order valence-corrected chi connectivity index (χ4v) is 3.99. The topological polar surface area (TPSA) is 105 Å². The molecule has 0 bridgehead atoms. The van der Waals surface area contributed by atoms with E-state index in [0.717, 1.165) is 22.3 Å². The van der Waals surface area contributed by atoms with Crippen molar-refractivity contribution < 1.29 is 24.2 Å². The standard InChI is InChI=1S/C27H24N2O5/c1-17(25(30)29-19-8-6-7-18(15-19)26(31)32)13-14-28-27(33)34-16-24-22-11-4-2-9-20(22)21-10-3-5-12-23(21)24/h2-13,15,24H,14,16H2,1H3,(H,28,33)(H,29,30)(H,31,32)/b17-13+. The van der Waals surface area contributed by atoms with E-state index in [1.54, 1.807) is 25.1 Å². The summed E-state index contributed by atoms with van der Waals surface area (Å²) < 4.78 is 5.48. The van der Waals surface area contributed by atoms with Gasteiger partial charge in [0.1, 0.15) is 6.61 Å². The molecule has 0 aliphatic heterocycles. The number of hydrogen-bond donors (Lipinski definition) is 3. The number of fused-ring (bicyclic) bond motifs is 3. The zero-order valence-corrected chi connectivity index (χ0v) is 18.6. The number of alkyl carbamates (subject to hydrolysis) is 1. The first kappa shape index (κ1) is 22.8. The first-order valence-electron chi connectivity index (χ1n) is 10.8. The van der Waals surface area contributed by atoms with Gasteiger partial charge in [0.25, 0.3) is 5.91 Å². The normalized spacial score (nSPS) is 12.4. The molecule has 2 amide bonds. The molecule has 34 heavy (non-hydrogen) atoms. The van der Waals surface area contributed by atoms with Crippen LogP contribution < -0.4 is 10.6 Å². The van der Waals surface area contributed by atoms with Crippen molar-refractivity contribution in [3.63, 3.8) is 0 Å². The smallest absolute Gasteiger partial charge is 0.407 e. The lowest BCUT2D eigenvalue weighted by Crippen LogP contribution is -2.26. The highest BCUT2D eigenvalue weighted by molar-refractivity contribution is 6.03. The fraction of sp³-hybridized carbons (Fsp3) is 0.148. The average Bonchev–Trinajstić information content (AvgIpc) is 3.16. The van der Waals surface area contributed by atoms with Crippen LogP contribution >= 0.6 is 0 Å². The highest BCUT2D eigenvalue weighted by Crippen LogP contribution is 2.44. The Labute approximate surface area is 197 Å². The Morgan fingerprint density at radius 1 is 0.941 bits per heavy atom. The molecule has 3 aromatic rings. The van der Waals surface area contributed by atoms with Gasteiger partial charge in [-0.3, -0.25) is 4.79 Å². The van der Waals surface area contributed by atoms with Gasteiger partial charge in [0.2, 0.25) is 0 Å². The number of carbonyl (C=O) groups excluding carboxylic acids is 2. The molecule has 1 aliphatic rings. The molecule has 0 saturated carbocycles. The van der Waals surface area contributed by atoms with E-state index in [1.807, 2.05) is 24.3 Å². The molecule has 0 spiro atoms. The van der Waals surface area contributed by atoms with E-state index in [9.17, 15) is 14.4 Å². The quantitative estimate of drug-likeness (QED) is 0.443. The van der Waals surface area contributed by atoms with E-state index in [4.69, 9.17) is 9.84 Å². The summed E-state index contributed by atoms with van der Waals surface area (Å²) in [7, 11) is 0. The Morgan fingerprint density at radius 3 is 2.24 bits per heavy atom. The molecular weight excluding hydrogens is 432 g/mol. The van der Waals surface area contributed by atoms with Gasteiger partial charge in [0, 0.05) is 23.7 Å². The first-order chi connectivity index (χ1) is 16.4. The number of aromatic carboxylic acids is 1. The van der Waals surface area contributed by atoms with Crippen molar-refractivity contribution in [1.82, 2.24) is 5.32 Å². The van der Waals surface area contributed by atoms with Gasteiger partial charge in [-0.1, -0.05) is 60.7 Å². The number of carboxylic acid groups (broad SMARTS) is 1. The summed E-state index contributed by atoms with van der Waals surface area (Å²) in [5.74, 6) is -1.49. The number of amides is 2. The molecule has 0 saturated heterocycles. The first-order valence-corrected chi connectivity index (χ1v) is 10.8. The number of benzene rings is 3. The van der Waals surface area contributed by atoms with Crippen molar-refractivity contribution in [2.45, 2.75) is 12.8 Å². The average molecular weight is 456 g/mol. The van der Waals surface area contributed by atoms with Gasteiger partial charge in [-0.15, -0.1) is 0 Å². The largest absolute Gasteiger partial charge is 0.478 e. The molecule has 0 radical (unpaired) electrons. The molecule has 0 unspecified atom stereocenters. The summed E-state index contributed by atoms with van der Waals surface area (Å²) in [5, 5.41) is 14.3. The van der Waals surface area contributed by atoms with Crippen LogP contribution in [0, 0.1) is 0 Å². The molecule has 0 heterocycles. The molecule has 172 valence electrons. The van der Waals surface area contributed by atoms with Crippen molar-refractivity contribution in [2.75, 3.05) is 18.5 Å². The lowest BCUT2D eigenvalue weighted by atomic mass is 9.98. The highest BCUT2D eigenvalue weighted by atomic mass is 16.5. The van der Waals surface area contributed by atoms with Crippen LogP contribution in [0.5, 0.6) is 0 Å². The van der Waals surface area contributed by atoms with Gasteiger partial charge in [-0.05, 0) is 47.4 Å². The third-order valence-corrected chi connectivity index (χ3v) is 5.72. The molecule has 0 aromatic heterocycles. The fourth-order valence-electron chi connectivity index (χ4n) is 3.99. The Morgan fingerprint density at radius 2 is 1.59 bits per heavy atom. The van der Waals surface area contributed by atoms with Crippen LogP contribution in [0.15, 0.2) is 84.4 Å². The monoisotopic (exact) mass is 456 g/mol. The zero-order chi connectivity index (χ0) is 24.1. The number of carboxylic acids is 1. The molecule has 3 aromatic carbocycles. The molecule has 1 aliphatic carbocycles. The Balaban J connectivity index is 1.29. The molecule has 0 atom stereocenters. The second-order valence-corrected chi connectivity index (χ2v) is 7.93. The lowest BCUT2D eigenvalue weighted by Gasteiger charge is -2.14. The summed E-state index contributed by atoms with van der Waals surface area (Å²) in [6.45, 7) is 1.93. The second kappa shape index (κ2) is 10.0. The van der Waals surface area contributed by atoms with E-state index in [-0.39, 0.29) is 24.6 Å². The SMILES string of the molecule is C/C(=C\CNC(=O)OCC1c2ccccc2-c2ccccc21)C(=O)Nc1cccc(C(=O)O)c1. The van der Waals surface area contributed by atoms with Gasteiger partial charge < -0.3 is 20.5 Å². The maximum atomic E-state index is 12.3. The number of rotatable bonds is 7. The number of anilines is 1. The van der Waals surface area contributed by atoms with Crippen molar-refractivity contribution >= 4 is 23.7 Å². The molecule has 0 fully saturated rings. The van der Waals surface area contributed by atoms with E-state index < -0.39 is 18.0 Å². The second-order valence-electron chi connectivity index (χ2n) is 7.93. The Bertz CT molecular complexity index is 1240. The van der Waals surface area contributed by atoms with Crippen molar-refractivity contribution in [3.05, 3.63) is 101 Å². The van der Waals surface area contributed by atoms with Crippen LogP contribution in [0.3, 0.4) is 0 Å². The number of hydrogen-bond acceptors (Lipinski definition) is 4. The maximum absolute atomic E-state index is 12.3. The lowest BCUT2D eigenvalue weighted by molar-refractivity contribution is -0.112.